The van der Waals surface area contributed by atoms with Gasteiger partial charge in [0.15, 0.2) is 0 Å². The highest BCUT2D eigenvalue weighted by Gasteiger charge is 2.05. The van der Waals surface area contributed by atoms with Crippen LogP contribution in [0.1, 0.15) is 0 Å². The molecule has 0 saturated heterocycles. The molecule has 5 heteroatoms. The minimum atomic E-state index is 0.873. The molecule has 0 unspecified atom stereocenters. The van der Waals surface area contributed by atoms with Crippen molar-refractivity contribution in [3.63, 3.8) is 0 Å². The van der Waals surface area contributed by atoms with Crippen LogP contribution < -0.4 is 4.74 Å². The Kier molecular flexibility index (Phi) is 2.97. The SMILES string of the molecule is COc1cc(-c2nncs2)ccc1I. The Labute approximate surface area is 99.3 Å². The fraction of sp³-hybridized carbons (Fsp3) is 0.111. The normalized spacial score (nSPS) is 10.1. The van der Waals surface area contributed by atoms with Gasteiger partial charge in [0.05, 0.1) is 10.7 Å². The first kappa shape index (κ1) is 9.85. The van der Waals surface area contributed by atoms with Crippen LogP contribution in [0.15, 0.2) is 23.7 Å². The third kappa shape index (κ3) is 1.88. The lowest BCUT2D eigenvalue weighted by Crippen LogP contribution is -1.87. The molecule has 0 bridgehead atoms. The van der Waals surface area contributed by atoms with Gasteiger partial charge in [-0.15, -0.1) is 10.2 Å². The van der Waals surface area contributed by atoms with Crippen LogP contribution in [0.3, 0.4) is 0 Å². The molecular formula is C9H7IN2OS. The molecule has 0 amide bonds. The summed E-state index contributed by atoms with van der Waals surface area (Å²) in [5.41, 5.74) is 2.77. The van der Waals surface area contributed by atoms with E-state index in [0.717, 1.165) is 19.9 Å². The maximum Gasteiger partial charge on any atom is 0.147 e. The lowest BCUT2D eigenvalue weighted by molar-refractivity contribution is 0.412. The average molecular weight is 318 g/mol. The lowest BCUT2D eigenvalue weighted by Gasteiger charge is -2.03. The van der Waals surface area contributed by atoms with Gasteiger partial charge in [0, 0.05) is 5.56 Å². The number of ether oxygens (including phenoxy) is 1. The number of hydrogen-bond acceptors (Lipinski definition) is 4. The van der Waals surface area contributed by atoms with Crippen LogP contribution in [0.2, 0.25) is 0 Å². The van der Waals surface area contributed by atoms with Crippen LogP contribution in [0.25, 0.3) is 10.6 Å². The van der Waals surface area contributed by atoms with Crippen LogP contribution in [0, 0.1) is 3.57 Å². The summed E-state index contributed by atoms with van der Waals surface area (Å²) in [5.74, 6) is 0.873. The Balaban J connectivity index is 2.46. The van der Waals surface area contributed by atoms with Gasteiger partial charge >= 0.3 is 0 Å². The van der Waals surface area contributed by atoms with Gasteiger partial charge in [-0.3, -0.25) is 0 Å². The van der Waals surface area contributed by atoms with Crippen molar-refractivity contribution in [3.8, 4) is 16.3 Å². The van der Waals surface area contributed by atoms with Gasteiger partial charge in [-0.1, -0.05) is 17.4 Å². The monoisotopic (exact) mass is 318 g/mol. The standard InChI is InChI=1S/C9H7IN2OS/c1-13-8-4-6(2-3-7(8)10)9-12-11-5-14-9/h2-5H,1H3. The number of rotatable bonds is 2. The first-order valence-electron chi connectivity index (χ1n) is 3.91. The highest BCUT2D eigenvalue weighted by atomic mass is 127. The largest absolute Gasteiger partial charge is 0.496 e. The average Bonchev–Trinajstić information content (AvgIpc) is 2.71. The molecule has 3 nitrogen and oxygen atoms in total. The second kappa shape index (κ2) is 4.22. The third-order valence-electron chi connectivity index (χ3n) is 1.76. The molecule has 72 valence electrons. The number of methoxy groups -OCH3 is 1. The molecule has 0 aliphatic rings. The topological polar surface area (TPSA) is 35.0 Å². The second-order valence-electron chi connectivity index (χ2n) is 2.59. The molecule has 1 heterocycles. The lowest BCUT2D eigenvalue weighted by atomic mass is 10.2. The summed E-state index contributed by atoms with van der Waals surface area (Å²) >= 11 is 3.76. The van der Waals surface area contributed by atoms with Gasteiger partial charge in [0.2, 0.25) is 0 Å². The summed E-state index contributed by atoms with van der Waals surface area (Å²) in [7, 11) is 1.67. The van der Waals surface area contributed by atoms with E-state index in [0.29, 0.717) is 0 Å². The number of halogens is 1. The third-order valence-corrected chi connectivity index (χ3v) is 3.39. The molecule has 0 spiro atoms. The van der Waals surface area contributed by atoms with Crippen molar-refractivity contribution in [1.82, 2.24) is 10.2 Å². The van der Waals surface area contributed by atoms with Crippen molar-refractivity contribution >= 4 is 33.9 Å². The summed E-state index contributed by atoms with van der Waals surface area (Å²) in [6.07, 6.45) is 0. The molecule has 1 aromatic carbocycles. The minimum absolute atomic E-state index is 0.873. The fourth-order valence-electron chi connectivity index (χ4n) is 1.09. The Morgan fingerprint density at radius 1 is 1.43 bits per heavy atom. The van der Waals surface area contributed by atoms with E-state index in [-0.39, 0.29) is 0 Å². The van der Waals surface area contributed by atoms with Crippen molar-refractivity contribution in [2.24, 2.45) is 0 Å². The summed E-state index contributed by atoms with van der Waals surface area (Å²) in [5, 5.41) is 8.72. The van der Waals surface area contributed by atoms with Crippen molar-refractivity contribution in [2.75, 3.05) is 7.11 Å². The van der Waals surface area contributed by atoms with E-state index < -0.39 is 0 Å². The van der Waals surface area contributed by atoms with Gasteiger partial charge in [0.25, 0.3) is 0 Å². The molecular weight excluding hydrogens is 311 g/mol. The Bertz CT molecular complexity index is 430. The molecule has 0 aliphatic carbocycles. The summed E-state index contributed by atoms with van der Waals surface area (Å²) in [6.45, 7) is 0. The van der Waals surface area contributed by atoms with Crippen LogP contribution in [0.4, 0.5) is 0 Å². The second-order valence-corrected chi connectivity index (χ2v) is 4.59. The van der Waals surface area contributed by atoms with E-state index >= 15 is 0 Å². The zero-order valence-corrected chi connectivity index (χ0v) is 10.4. The predicted molar refractivity (Wildman–Crippen MR) is 64.6 cm³/mol. The number of aromatic nitrogens is 2. The molecule has 2 rings (SSSR count). The smallest absolute Gasteiger partial charge is 0.147 e. The van der Waals surface area contributed by atoms with E-state index in [2.05, 4.69) is 32.8 Å². The zero-order valence-electron chi connectivity index (χ0n) is 7.40. The first-order chi connectivity index (χ1) is 6.81. The van der Waals surface area contributed by atoms with Crippen molar-refractivity contribution in [3.05, 3.63) is 27.3 Å². The predicted octanol–water partition coefficient (Wildman–Crippen LogP) is 2.82. The van der Waals surface area contributed by atoms with Gasteiger partial charge < -0.3 is 4.74 Å². The molecule has 0 fully saturated rings. The van der Waals surface area contributed by atoms with E-state index in [1.165, 1.54) is 11.3 Å². The van der Waals surface area contributed by atoms with Crippen molar-refractivity contribution in [1.29, 1.82) is 0 Å². The molecule has 0 N–H and O–H groups in total. The van der Waals surface area contributed by atoms with Gasteiger partial charge in [-0.25, -0.2) is 0 Å². The maximum atomic E-state index is 5.23. The number of hydrogen-bond donors (Lipinski definition) is 0. The molecule has 14 heavy (non-hydrogen) atoms. The molecule has 0 aliphatic heterocycles. The summed E-state index contributed by atoms with van der Waals surface area (Å²) in [6, 6.07) is 6.00. The maximum absolute atomic E-state index is 5.23. The van der Waals surface area contributed by atoms with Gasteiger partial charge in [0.1, 0.15) is 16.3 Å². The quantitative estimate of drug-likeness (QED) is 0.799. The van der Waals surface area contributed by atoms with Crippen LogP contribution >= 0.6 is 33.9 Å². The minimum Gasteiger partial charge on any atom is -0.496 e. The molecule has 0 atom stereocenters. The summed E-state index contributed by atoms with van der Waals surface area (Å²) in [4.78, 5) is 0. The molecule has 0 saturated carbocycles. The van der Waals surface area contributed by atoms with Crippen molar-refractivity contribution < 1.29 is 4.74 Å². The molecule has 2 aromatic rings. The van der Waals surface area contributed by atoms with Crippen LogP contribution in [0.5, 0.6) is 5.75 Å². The highest BCUT2D eigenvalue weighted by Crippen LogP contribution is 2.28. The van der Waals surface area contributed by atoms with Gasteiger partial charge in [-0.05, 0) is 34.7 Å². The Morgan fingerprint density at radius 2 is 2.29 bits per heavy atom. The van der Waals surface area contributed by atoms with E-state index in [4.69, 9.17) is 4.74 Å². The number of benzene rings is 1. The van der Waals surface area contributed by atoms with E-state index in [1.807, 2.05) is 18.2 Å². The molecule has 0 radical (unpaired) electrons. The Morgan fingerprint density at radius 3 is 2.93 bits per heavy atom. The number of nitrogens with zero attached hydrogens (tertiary/aromatic N) is 2. The molecule has 1 aromatic heterocycles. The van der Waals surface area contributed by atoms with Crippen LogP contribution in [-0.4, -0.2) is 17.3 Å². The zero-order chi connectivity index (χ0) is 9.97. The summed E-state index contributed by atoms with van der Waals surface area (Å²) < 4.78 is 6.33. The van der Waals surface area contributed by atoms with E-state index in [1.54, 1.807) is 12.6 Å². The van der Waals surface area contributed by atoms with E-state index in [9.17, 15) is 0 Å². The fourth-order valence-corrected chi connectivity index (χ4v) is 2.20. The highest BCUT2D eigenvalue weighted by molar-refractivity contribution is 14.1. The van der Waals surface area contributed by atoms with Crippen molar-refractivity contribution in [2.45, 2.75) is 0 Å². The van der Waals surface area contributed by atoms with Crippen LogP contribution in [-0.2, 0) is 0 Å². The first-order valence-corrected chi connectivity index (χ1v) is 5.87. The van der Waals surface area contributed by atoms with Gasteiger partial charge in [-0.2, -0.15) is 0 Å². The Hall–Kier alpha value is -0.690.